The molecule has 1 aliphatic rings. The fourth-order valence-electron chi connectivity index (χ4n) is 2.27. The number of likely N-dealkylation sites (tertiary alicyclic amines) is 1. The van der Waals surface area contributed by atoms with E-state index in [0.717, 1.165) is 25.1 Å². The third-order valence-corrected chi connectivity index (χ3v) is 3.35. The highest BCUT2D eigenvalue weighted by Gasteiger charge is 2.27. The van der Waals surface area contributed by atoms with E-state index < -0.39 is 0 Å². The first-order chi connectivity index (χ1) is 8.70. The number of carbonyl (C=O) groups excluding carboxylic acids is 1. The zero-order valence-corrected chi connectivity index (χ0v) is 12.0. The molecule has 1 fully saturated rings. The third-order valence-electron chi connectivity index (χ3n) is 3.35. The predicted molar refractivity (Wildman–Crippen MR) is 77.7 cm³/mol. The summed E-state index contributed by atoms with van der Waals surface area (Å²) in [5, 5.41) is 0. The number of rotatable bonds is 4. The quantitative estimate of drug-likeness (QED) is 0.916. The maximum atomic E-state index is 12.0. The van der Waals surface area contributed by atoms with Crippen LogP contribution in [0.5, 0.6) is 5.75 Å². The number of halogens is 1. The number of amides is 1. The first-order valence-electron chi connectivity index (χ1n) is 6.39. The first kappa shape index (κ1) is 15.8. The van der Waals surface area contributed by atoms with E-state index in [4.69, 9.17) is 10.5 Å². The smallest absolute Gasteiger partial charge is 0.260 e. The van der Waals surface area contributed by atoms with Crippen molar-refractivity contribution in [2.45, 2.75) is 25.8 Å². The van der Waals surface area contributed by atoms with Gasteiger partial charge in [0.2, 0.25) is 0 Å². The molecule has 1 atom stereocenters. The Bertz CT molecular complexity index is 408. The molecule has 1 saturated heterocycles. The summed E-state index contributed by atoms with van der Waals surface area (Å²) in [5.74, 6) is 0.765. The monoisotopic (exact) mass is 284 g/mol. The average Bonchev–Trinajstić information content (AvgIpc) is 2.86. The van der Waals surface area contributed by atoms with Gasteiger partial charge in [-0.25, -0.2) is 0 Å². The molecular weight excluding hydrogens is 264 g/mol. The topological polar surface area (TPSA) is 55.6 Å². The third kappa shape index (κ3) is 4.11. The normalized spacial score (nSPS) is 18.0. The van der Waals surface area contributed by atoms with Crippen LogP contribution in [0.1, 0.15) is 18.4 Å². The average molecular weight is 285 g/mol. The molecule has 2 rings (SSSR count). The van der Waals surface area contributed by atoms with E-state index in [-0.39, 0.29) is 31.0 Å². The maximum absolute atomic E-state index is 12.0. The van der Waals surface area contributed by atoms with Crippen LogP contribution in [0.2, 0.25) is 0 Å². The molecule has 5 heteroatoms. The van der Waals surface area contributed by atoms with Gasteiger partial charge in [-0.05, 0) is 31.9 Å². The van der Waals surface area contributed by atoms with Gasteiger partial charge in [-0.1, -0.05) is 17.7 Å². The molecule has 1 aromatic carbocycles. The van der Waals surface area contributed by atoms with Crippen molar-refractivity contribution in [1.29, 1.82) is 0 Å². The molecule has 106 valence electrons. The number of carbonyl (C=O) groups is 1. The summed E-state index contributed by atoms with van der Waals surface area (Å²) in [7, 11) is 0. The van der Waals surface area contributed by atoms with Crippen molar-refractivity contribution in [3.63, 3.8) is 0 Å². The van der Waals surface area contributed by atoms with Crippen LogP contribution in [0.15, 0.2) is 24.3 Å². The second-order valence-corrected chi connectivity index (χ2v) is 4.72. The summed E-state index contributed by atoms with van der Waals surface area (Å²) in [4.78, 5) is 13.8. The van der Waals surface area contributed by atoms with Crippen molar-refractivity contribution in [2.75, 3.05) is 19.7 Å². The SMILES string of the molecule is Cc1ccc(OCC(=O)N2CCCC2CN)cc1.Cl. The number of aryl methyl sites for hydroxylation is 1. The summed E-state index contributed by atoms with van der Waals surface area (Å²) >= 11 is 0. The minimum absolute atomic E-state index is 0. The molecule has 0 aliphatic carbocycles. The second kappa shape index (κ2) is 7.36. The summed E-state index contributed by atoms with van der Waals surface area (Å²) in [6.07, 6.45) is 2.05. The molecule has 1 aliphatic heterocycles. The highest BCUT2D eigenvalue weighted by atomic mass is 35.5. The molecule has 0 spiro atoms. The minimum Gasteiger partial charge on any atom is -0.484 e. The molecule has 0 aromatic heterocycles. The zero-order valence-electron chi connectivity index (χ0n) is 11.2. The first-order valence-corrected chi connectivity index (χ1v) is 6.39. The molecule has 2 N–H and O–H groups in total. The summed E-state index contributed by atoms with van der Waals surface area (Å²) < 4.78 is 5.50. The molecule has 19 heavy (non-hydrogen) atoms. The summed E-state index contributed by atoms with van der Waals surface area (Å²) in [6.45, 7) is 3.46. The standard InChI is InChI=1S/C14H20N2O2.ClH/c1-11-4-6-13(7-5-11)18-10-14(17)16-8-2-3-12(16)9-15;/h4-7,12H,2-3,8-10,15H2,1H3;1H. The Kier molecular flexibility index (Phi) is 6.12. The molecule has 1 unspecified atom stereocenters. The van der Waals surface area contributed by atoms with Crippen LogP contribution >= 0.6 is 12.4 Å². The number of hydrogen-bond acceptors (Lipinski definition) is 3. The lowest BCUT2D eigenvalue weighted by molar-refractivity contribution is -0.134. The van der Waals surface area contributed by atoms with Gasteiger partial charge in [0.05, 0.1) is 0 Å². The van der Waals surface area contributed by atoms with E-state index >= 15 is 0 Å². The van der Waals surface area contributed by atoms with E-state index in [1.807, 2.05) is 36.1 Å². The lowest BCUT2D eigenvalue weighted by atomic mass is 10.2. The molecule has 1 heterocycles. The van der Waals surface area contributed by atoms with Crippen molar-refractivity contribution in [2.24, 2.45) is 5.73 Å². The molecule has 1 amide bonds. The van der Waals surface area contributed by atoms with E-state index in [0.29, 0.717) is 6.54 Å². The second-order valence-electron chi connectivity index (χ2n) is 4.72. The zero-order chi connectivity index (χ0) is 13.0. The van der Waals surface area contributed by atoms with Crippen molar-refractivity contribution >= 4 is 18.3 Å². The largest absolute Gasteiger partial charge is 0.484 e. The molecule has 0 bridgehead atoms. The Morgan fingerprint density at radius 1 is 1.42 bits per heavy atom. The summed E-state index contributed by atoms with van der Waals surface area (Å²) in [6, 6.07) is 7.90. The van der Waals surface area contributed by atoms with Crippen LogP contribution in [-0.4, -0.2) is 36.5 Å². The minimum atomic E-state index is 0. The van der Waals surface area contributed by atoms with E-state index in [2.05, 4.69) is 0 Å². The Morgan fingerprint density at radius 2 is 2.11 bits per heavy atom. The van der Waals surface area contributed by atoms with Gasteiger partial charge in [-0.2, -0.15) is 0 Å². The van der Waals surface area contributed by atoms with Gasteiger partial charge in [0.15, 0.2) is 6.61 Å². The summed E-state index contributed by atoms with van der Waals surface area (Å²) in [5.41, 5.74) is 6.83. The number of nitrogens with two attached hydrogens (primary N) is 1. The Balaban J connectivity index is 0.00000180. The van der Waals surface area contributed by atoms with E-state index in [1.165, 1.54) is 5.56 Å². The molecule has 1 aromatic rings. The lowest BCUT2D eigenvalue weighted by Crippen LogP contribution is -2.42. The van der Waals surface area contributed by atoms with Gasteiger partial charge >= 0.3 is 0 Å². The number of nitrogens with zero attached hydrogens (tertiary/aromatic N) is 1. The van der Waals surface area contributed by atoms with Gasteiger partial charge in [-0.3, -0.25) is 4.79 Å². The Labute approximate surface area is 120 Å². The fraction of sp³-hybridized carbons (Fsp3) is 0.500. The molecule has 4 nitrogen and oxygen atoms in total. The highest BCUT2D eigenvalue weighted by Crippen LogP contribution is 2.17. The number of hydrogen-bond donors (Lipinski definition) is 1. The van der Waals surface area contributed by atoms with Crippen LogP contribution < -0.4 is 10.5 Å². The van der Waals surface area contributed by atoms with Crippen LogP contribution in [0.25, 0.3) is 0 Å². The lowest BCUT2D eigenvalue weighted by Gasteiger charge is -2.23. The predicted octanol–water partition coefficient (Wildman–Crippen LogP) is 1.75. The van der Waals surface area contributed by atoms with Gasteiger partial charge in [0.1, 0.15) is 5.75 Å². The number of ether oxygens (including phenoxy) is 1. The van der Waals surface area contributed by atoms with Crippen LogP contribution in [0.3, 0.4) is 0 Å². The van der Waals surface area contributed by atoms with Gasteiger partial charge in [0.25, 0.3) is 5.91 Å². The van der Waals surface area contributed by atoms with E-state index in [9.17, 15) is 4.79 Å². The van der Waals surface area contributed by atoms with Gasteiger partial charge < -0.3 is 15.4 Å². The van der Waals surface area contributed by atoms with Crippen LogP contribution in [-0.2, 0) is 4.79 Å². The van der Waals surface area contributed by atoms with Crippen LogP contribution in [0.4, 0.5) is 0 Å². The van der Waals surface area contributed by atoms with E-state index in [1.54, 1.807) is 0 Å². The Hall–Kier alpha value is -1.26. The van der Waals surface area contributed by atoms with Gasteiger partial charge in [-0.15, -0.1) is 12.4 Å². The van der Waals surface area contributed by atoms with Crippen molar-refractivity contribution in [1.82, 2.24) is 4.90 Å². The van der Waals surface area contributed by atoms with Crippen molar-refractivity contribution < 1.29 is 9.53 Å². The van der Waals surface area contributed by atoms with Crippen molar-refractivity contribution in [3.8, 4) is 5.75 Å². The Morgan fingerprint density at radius 3 is 2.74 bits per heavy atom. The fourth-order valence-corrected chi connectivity index (χ4v) is 2.27. The van der Waals surface area contributed by atoms with Crippen LogP contribution in [0, 0.1) is 6.92 Å². The molecular formula is C14H21ClN2O2. The molecule has 0 radical (unpaired) electrons. The molecule has 0 saturated carbocycles. The van der Waals surface area contributed by atoms with Crippen molar-refractivity contribution in [3.05, 3.63) is 29.8 Å². The number of benzene rings is 1. The highest BCUT2D eigenvalue weighted by molar-refractivity contribution is 5.85. The maximum Gasteiger partial charge on any atom is 0.260 e. The van der Waals surface area contributed by atoms with Gasteiger partial charge in [0, 0.05) is 19.1 Å².